The molecule has 0 aliphatic heterocycles. The predicted molar refractivity (Wildman–Crippen MR) is 132 cm³/mol. The summed E-state index contributed by atoms with van der Waals surface area (Å²) in [6.07, 6.45) is 28.1. The van der Waals surface area contributed by atoms with Crippen LogP contribution in [0.4, 0.5) is 0 Å². The first-order valence-electron chi connectivity index (χ1n) is 13.9. The SMILES string of the molecule is CCCCCCCCCCCCCC(=O)[O-].CCCCCCCCCCCCCC(=O)[O-].[K+].[Na+]. The van der Waals surface area contributed by atoms with Crippen molar-refractivity contribution in [2.45, 2.75) is 168 Å². The Hall–Kier alpha value is 1.58. The van der Waals surface area contributed by atoms with E-state index in [-0.39, 0.29) is 93.8 Å². The molecule has 192 valence electrons. The molecule has 0 aromatic heterocycles. The van der Waals surface area contributed by atoms with Crippen molar-refractivity contribution in [3.8, 4) is 0 Å². The first-order valence-corrected chi connectivity index (χ1v) is 13.9. The van der Waals surface area contributed by atoms with Crippen LogP contribution < -0.4 is 91.2 Å². The third-order valence-electron chi connectivity index (χ3n) is 5.97. The van der Waals surface area contributed by atoms with E-state index < -0.39 is 11.9 Å². The van der Waals surface area contributed by atoms with Gasteiger partial charge in [-0.25, -0.2) is 0 Å². The van der Waals surface area contributed by atoms with Crippen LogP contribution in [0, 0.1) is 0 Å². The van der Waals surface area contributed by atoms with E-state index in [0.717, 1.165) is 25.7 Å². The molecule has 0 bridgehead atoms. The Labute approximate surface area is 277 Å². The van der Waals surface area contributed by atoms with Crippen LogP contribution in [0.3, 0.4) is 0 Å². The molecule has 34 heavy (non-hydrogen) atoms. The average Bonchev–Trinajstić information content (AvgIpc) is 2.76. The Morgan fingerprint density at radius 1 is 0.412 bits per heavy atom. The van der Waals surface area contributed by atoms with Gasteiger partial charge >= 0.3 is 80.9 Å². The van der Waals surface area contributed by atoms with Gasteiger partial charge in [-0.15, -0.1) is 0 Å². The van der Waals surface area contributed by atoms with Gasteiger partial charge in [0.2, 0.25) is 0 Å². The van der Waals surface area contributed by atoms with Crippen molar-refractivity contribution in [3.63, 3.8) is 0 Å². The van der Waals surface area contributed by atoms with Crippen LogP contribution in [0.25, 0.3) is 0 Å². The number of rotatable bonds is 24. The van der Waals surface area contributed by atoms with Crippen LogP contribution in [0.15, 0.2) is 0 Å². The van der Waals surface area contributed by atoms with Crippen molar-refractivity contribution in [2.75, 3.05) is 0 Å². The number of carboxylic acids is 2. The summed E-state index contributed by atoms with van der Waals surface area (Å²) >= 11 is 0. The zero-order valence-corrected chi connectivity index (χ0v) is 28.7. The fourth-order valence-corrected chi connectivity index (χ4v) is 3.87. The molecule has 4 nitrogen and oxygen atoms in total. The Balaban J connectivity index is -0.000000250. The van der Waals surface area contributed by atoms with E-state index in [2.05, 4.69) is 13.8 Å². The van der Waals surface area contributed by atoms with Gasteiger partial charge in [-0.1, -0.05) is 142 Å². The maximum Gasteiger partial charge on any atom is 1.00 e. The maximum atomic E-state index is 10.1. The summed E-state index contributed by atoms with van der Waals surface area (Å²) in [6.45, 7) is 4.49. The molecule has 0 unspecified atom stereocenters. The van der Waals surface area contributed by atoms with Crippen LogP contribution in [0.2, 0.25) is 0 Å². The smallest absolute Gasteiger partial charge is 0.550 e. The summed E-state index contributed by atoms with van der Waals surface area (Å²) in [4.78, 5) is 20.3. The quantitative estimate of drug-likeness (QED) is 0.141. The topological polar surface area (TPSA) is 80.3 Å². The summed E-state index contributed by atoms with van der Waals surface area (Å²) < 4.78 is 0. The molecule has 0 radical (unpaired) electrons. The van der Waals surface area contributed by atoms with Crippen LogP contribution >= 0.6 is 0 Å². The third-order valence-corrected chi connectivity index (χ3v) is 5.97. The molecule has 0 aromatic carbocycles. The van der Waals surface area contributed by atoms with E-state index in [9.17, 15) is 19.8 Å². The molecule has 0 rings (SSSR count). The Kier molecular flexibility index (Phi) is 49.1. The molecule has 0 amide bonds. The third kappa shape index (κ3) is 46.9. The minimum absolute atomic E-state index is 0. The second-order valence-electron chi connectivity index (χ2n) is 9.32. The largest absolute Gasteiger partial charge is 1.00 e. The van der Waals surface area contributed by atoms with Gasteiger partial charge in [0.1, 0.15) is 0 Å². The number of carbonyl (C=O) groups excluding carboxylic acids is 2. The molecule has 6 heteroatoms. The second kappa shape index (κ2) is 39.1. The molecule has 0 N–H and O–H groups in total. The van der Waals surface area contributed by atoms with Gasteiger partial charge in [0.05, 0.1) is 0 Å². The van der Waals surface area contributed by atoms with Gasteiger partial charge in [0.15, 0.2) is 0 Å². The minimum atomic E-state index is -0.907. The molecule has 0 saturated heterocycles. The molecule has 0 fully saturated rings. The normalized spacial score (nSPS) is 9.94. The van der Waals surface area contributed by atoms with E-state index in [4.69, 9.17) is 0 Å². The number of hydrogen-bond acceptors (Lipinski definition) is 4. The van der Waals surface area contributed by atoms with Crippen molar-refractivity contribution in [2.24, 2.45) is 0 Å². The summed E-state index contributed by atoms with van der Waals surface area (Å²) in [7, 11) is 0. The number of carboxylic acid groups (broad SMARTS) is 2. The average molecular weight is 517 g/mol. The first kappa shape index (κ1) is 42.7. The molecular formula is C28H54KNaO4. The summed E-state index contributed by atoms with van der Waals surface area (Å²) in [5.41, 5.74) is 0. The standard InChI is InChI=1S/2C14H28O2.K.Na/c2*1-2-3-4-5-6-7-8-9-10-11-12-13-14(15)16;;/h2*2-13H2,1H3,(H,15,16);;/q;;2*+1/p-2. The summed E-state index contributed by atoms with van der Waals surface area (Å²) in [6, 6.07) is 0. The van der Waals surface area contributed by atoms with E-state index in [1.807, 2.05) is 0 Å². The van der Waals surface area contributed by atoms with Gasteiger partial charge in [-0.2, -0.15) is 0 Å². The van der Waals surface area contributed by atoms with Gasteiger partial charge in [0, 0.05) is 11.9 Å². The van der Waals surface area contributed by atoms with Gasteiger partial charge < -0.3 is 19.8 Å². The predicted octanol–water partition coefficient (Wildman–Crippen LogP) is 0.883. The molecule has 0 spiro atoms. The second-order valence-corrected chi connectivity index (χ2v) is 9.32. The van der Waals surface area contributed by atoms with E-state index in [1.54, 1.807) is 0 Å². The molecule has 0 heterocycles. The van der Waals surface area contributed by atoms with Crippen molar-refractivity contribution in [1.82, 2.24) is 0 Å². The van der Waals surface area contributed by atoms with Crippen LogP contribution in [0.1, 0.15) is 168 Å². The number of carbonyl (C=O) groups is 2. The van der Waals surface area contributed by atoms with Crippen molar-refractivity contribution >= 4 is 11.9 Å². The minimum Gasteiger partial charge on any atom is -0.550 e. The zero-order chi connectivity index (χ0) is 24.1. The van der Waals surface area contributed by atoms with Crippen molar-refractivity contribution in [1.29, 1.82) is 0 Å². The number of unbranched alkanes of at least 4 members (excludes halogenated alkanes) is 20. The van der Waals surface area contributed by atoms with Crippen LogP contribution in [0.5, 0.6) is 0 Å². The van der Waals surface area contributed by atoms with E-state index in [1.165, 1.54) is 116 Å². The summed E-state index contributed by atoms with van der Waals surface area (Å²) in [5, 5.41) is 20.3. The first-order chi connectivity index (χ1) is 15.5. The fraction of sp³-hybridized carbons (Fsp3) is 0.929. The van der Waals surface area contributed by atoms with Crippen LogP contribution in [-0.2, 0) is 9.59 Å². The molecule has 0 aromatic rings. The van der Waals surface area contributed by atoms with Crippen LogP contribution in [-0.4, -0.2) is 11.9 Å². The Bertz CT molecular complexity index is 359. The van der Waals surface area contributed by atoms with E-state index in [0.29, 0.717) is 0 Å². The van der Waals surface area contributed by atoms with Crippen molar-refractivity contribution in [3.05, 3.63) is 0 Å². The molecule has 0 aliphatic carbocycles. The van der Waals surface area contributed by atoms with Gasteiger partial charge in [-0.05, 0) is 25.7 Å². The Morgan fingerprint density at radius 2 is 0.588 bits per heavy atom. The monoisotopic (exact) mass is 516 g/mol. The molecule has 0 saturated carbocycles. The zero-order valence-electron chi connectivity index (χ0n) is 23.6. The van der Waals surface area contributed by atoms with Gasteiger partial charge in [0.25, 0.3) is 0 Å². The number of aliphatic carboxylic acids is 2. The maximum absolute atomic E-state index is 10.1. The fourth-order valence-electron chi connectivity index (χ4n) is 3.87. The molecular weight excluding hydrogens is 462 g/mol. The van der Waals surface area contributed by atoms with Gasteiger partial charge in [-0.3, -0.25) is 0 Å². The van der Waals surface area contributed by atoms with Crippen molar-refractivity contribution < 1.29 is 101 Å². The summed E-state index contributed by atoms with van der Waals surface area (Å²) in [5.74, 6) is -1.81. The Morgan fingerprint density at radius 3 is 0.765 bits per heavy atom. The number of hydrogen-bond donors (Lipinski definition) is 0. The molecule has 0 aliphatic rings. The molecule has 0 atom stereocenters. The van der Waals surface area contributed by atoms with E-state index >= 15 is 0 Å².